The molecule has 2 aliphatic carbocycles. The molecule has 2 N–H and O–H groups in total. The molecule has 2 nitrogen and oxygen atoms in total. The molecule has 0 radical (unpaired) electrons. The minimum absolute atomic E-state index is 0.762. The maximum absolute atomic E-state index is 5.88. The van der Waals surface area contributed by atoms with E-state index >= 15 is 0 Å². The maximum Gasteiger partial charge on any atom is 0.0133 e. The lowest BCUT2D eigenvalue weighted by Gasteiger charge is -2.37. The van der Waals surface area contributed by atoms with Crippen molar-refractivity contribution in [3.05, 3.63) is 0 Å². The third-order valence-electron chi connectivity index (χ3n) is 4.54. The summed E-state index contributed by atoms with van der Waals surface area (Å²) in [6, 6.07) is 0.775. The van der Waals surface area contributed by atoms with Gasteiger partial charge in [-0.05, 0) is 50.6 Å². The highest BCUT2D eigenvalue weighted by atomic mass is 15.1. The van der Waals surface area contributed by atoms with Gasteiger partial charge in [-0.3, -0.25) is 0 Å². The summed E-state index contributed by atoms with van der Waals surface area (Å²) in [4.78, 5) is 2.60. The maximum atomic E-state index is 5.88. The highest BCUT2D eigenvalue weighted by Crippen LogP contribution is 2.39. The van der Waals surface area contributed by atoms with Crippen LogP contribution in [0.2, 0.25) is 0 Å². The molecule has 88 valence electrons. The second kappa shape index (κ2) is 4.84. The Morgan fingerprint density at radius 3 is 2.47 bits per heavy atom. The van der Waals surface area contributed by atoms with Gasteiger partial charge in [0.05, 0.1) is 0 Å². The van der Waals surface area contributed by atoms with Crippen LogP contribution in [0.4, 0.5) is 0 Å². The average molecular weight is 210 g/mol. The van der Waals surface area contributed by atoms with Gasteiger partial charge in [0.25, 0.3) is 0 Å². The summed E-state index contributed by atoms with van der Waals surface area (Å²) in [5, 5.41) is 0. The molecule has 2 fully saturated rings. The molecule has 4 atom stereocenters. The molecule has 2 aliphatic rings. The molecular formula is C13H26N2. The van der Waals surface area contributed by atoms with Gasteiger partial charge in [0.15, 0.2) is 0 Å². The van der Waals surface area contributed by atoms with Crippen LogP contribution in [0.5, 0.6) is 0 Å². The van der Waals surface area contributed by atoms with Crippen molar-refractivity contribution in [2.24, 2.45) is 23.5 Å². The SMILES string of the molecule is CC1CC1CN(C)C1CCCCC1CN. The van der Waals surface area contributed by atoms with E-state index in [1.165, 1.54) is 38.6 Å². The fourth-order valence-corrected chi connectivity index (χ4v) is 3.20. The van der Waals surface area contributed by atoms with E-state index in [-0.39, 0.29) is 0 Å². The van der Waals surface area contributed by atoms with Crippen molar-refractivity contribution in [1.82, 2.24) is 4.90 Å². The van der Waals surface area contributed by atoms with E-state index in [1.807, 2.05) is 0 Å². The molecule has 0 bridgehead atoms. The molecule has 15 heavy (non-hydrogen) atoms. The fraction of sp³-hybridized carbons (Fsp3) is 1.00. The van der Waals surface area contributed by atoms with Crippen LogP contribution in [-0.2, 0) is 0 Å². The Morgan fingerprint density at radius 2 is 1.87 bits per heavy atom. The lowest BCUT2D eigenvalue weighted by Crippen LogP contribution is -2.43. The predicted octanol–water partition coefficient (Wildman–Crippen LogP) is 2.09. The molecule has 0 aromatic rings. The smallest absolute Gasteiger partial charge is 0.0133 e. The first-order valence-electron chi connectivity index (χ1n) is 6.62. The first-order chi connectivity index (χ1) is 7.22. The fourth-order valence-electron chi connectivity index (χ4n) is 3.20. The van der Waals surface area contributed by atoms with Crippen LogP contribution in [0, 0.1) is 17.8 Å². The Kier molecular flexibility index (Phi) is 3.68. The van der Waals surface area contributed by atoms with E-state index in [1.54, 1.807) is 0 Å². The van der Waals surface area contributed by atoms with Crippen LogP contribution in [-0.4, -0.2) is 31.1 Å². The Balaban J connectivity index is 1.83. The van der Waals surface area contributed by atoms with Gasteiger partial charge >= 0.3 is 0 Å². The van der Waals surface area contributed by atoms with E-state index in [9.17, 15) is 0 Å². The molecule has 0 amide bonds. The van der Waals surface area contributed by atoms with Crippen LogP contribution >= 0.6 is 0 Å². The molecule has 0 spiro atoms. The summed E-state index contributed by atoms with van der Waals surface area (Å²) in [6.45, 7) is 4.57. The summed E-state index contributed by atoms with van der Waals surface area (Å²) in [6.07, 6.45) is 6.98. The second-order valence-corrected chi connectivity index (χ2v) is 5.76. The summed E-state index contributed by atoms with van der Waals surface area (Å²) in [5.74, 6) is 2.72. The van der Waals surface area contributed by atoms with Crippen molar-refractivity contribution in [1.29, 1.82) is 0 Å². The topological polar surface area (TPSA) is 29.3 Å². The number of rotatable bonds is 4. The summed E-state index contributed by atoms with van der Waals surface area (Å²) in [5.41, 5.74) is 5.88. The molecule has 0 saturated heterocycles. The van der Waals surface area contributed by atoms with Crippen molar-refractivity contribution in [3.8, 4) is 0 Å². The second-order valence-electron chi connectivity index (χ2n) is 5.76. The van der Waals surface area contributed by atoms with E-state index < -0.39 is 0 Å². The van der Waals surface area contributed by atoms with Gasteiger partial charge in [0.1, 0.15) is 0 Å². The lowest BCUT2D eigenvalue weighted by molar-refractivity contribution is 0.127. The summed E-state index contributed by atoms with van der Waals surface area (Å²) >= 11 is 0. The van der Waals surface area contributed by atoms with E-state index in [0.29, 0.717) is 0 Å². The molecular weight excluding hydrogens is 184 g/mol. The number of hydrogen-bond acceptors (Lipinski definition) is 2. The molecule has 2 saturated carbocycles. The van der Waals surface area contributed by atoms with Gasteiger partial charge < -0.3 is 10.6 Å². The summed E-state index contributed by atoms with van der Waals surface area (Å²) < 4.78 is 0. The van der Waals surface area contributed by atoms with Gasteiger partial charge in [-0.2, -0.15) is 0 Å². The predicted molar refractivity (Wildman–Crippen MR) is 64.7 cm³/mol. The number of nitrogens with zero attached hydrogens (tertiary/aromatic N) is 1. The van der Waals surface area contributed by atoms with E-state index in [2.05, 4.69) is 18.9 Å². The van der Waals surface area contributed by atoms with Crippen molar-refractivity contribution < 1.29 is 0 Å². The van der Waals surface area contributed by atoms with Gasteiger partial charge in [0.2, 0.25) is 0 Å². The van der Waals surface area contributed by atoms with Crippen LogP contribution in [0.1, 0.15) is 39.0 Å². The molecule has 0 aliphatic heterocycles. The zero-order chi connectivity index (χ0) is 10.8. The monoisotopic (exact) mass is 210 g/mol. The van der Waals surface area contributed by atoms with Crippen molar-refractivity contribution in [3.63, 3.8) is 0 Å². The first-order valence-corrected chi connectivity index (χ1v) is 6.62. The lowest BCUT2D eigenvalue weighted by atomic mass is 9.83. The van der Waals surface area contributed by atoms with Gasteiger partial charge in [0, 0.05) is 12.6 Å². The van der Waals surface area contributed by atoms with Crippen LogP contribution in [0.25, 0.3) is 0 Å². The van der Waals surface area contributed by atoms with Crippen molar-refractivity contribution in [2.75, 3.05) is 20.1 Å². The summed E-state index contributed by atoms with van der Waals surface area (Å²) in [7, 11) is 2.31. The van der Waals surface area contributed by atoms with Crippen LogP contribution in [0.15, 0.2) is 0 Å². The first kappa shape index (κ1) is 11.4. The quantitative estimate of drug-likeness (QED) is 0.770. The highest BCUT2D eigenvalue weighted by molar-refractivity contribution is 4.89. The minimum Gasteiger partial charge on any atom is -0.330 e. The van der Waals surface area contributed by atoms with Gasteiger partial charge in [-0.1, -0.05) is 19.8 Å². The van der Waals surface area contributed by atoms with Crippen molar-refractivity contribution >= 4 is 0 Å². The third-order valence-corrected chi connectivity index (χ3v) is 4.54. The Labute approximate surface area is 94.2 Å². The Morgan fingerprint density at radius 1 is 1.20 bits per heavy atom. The average Bonchev–Trinajstić information content (AvgIpc) is 2.94. The highest BCUT2D eigenvalue weighted by Gasteiger charge is 2.36. The normalized spacial score (nSPS) is 40.8. The molecule has 0 aromatic carbocycles. The minimum atomic E-state index is 0.762. The zero-order valence-corrected chi connectivity index (χ0v) is 10.3. The third kappa shape index (κ3) is 2.73. The van der Waals surface area contributed by atoms with E-state index in [4.69, 9.17) is 5.73 Å². The molecule has 2 heteroatoms. The number of nitrogens with two attached hydrogens (primary N) is 1. The van der Waals surface area contributed by atoms with E-state index in [0.717, 1.165) is 30.3 Å². The largest absolute Gasteiger partial charge is 0.330 e. The van der Waals surface area contributed by atoms with Crippen LogP contribution < -0.4 is 5.73 Å². The Hall–Kier alpha value is -0.0800. The molecule has 0 aromatic heterocycles. The molecule has 0 heterocycles. The van der Waals surface area contributed by atoms with Gasteiger partial charge in [-0.15, -0.1) is 0 Å². The van der Waals surface area contributed by atoms with Gasteiger partial charge in [-0.25, -0.2) is 0 Å². The molecule has 4 unspecified atom stereocenters. The standard InChI is InChI=1S/C13H26N2/c1-10-7-12(10)9-15(2)13-6-4-3-5-11(13)8-14/h10-13H,3-9,14H2,1-2H3. The van der Waals surface area contributed by atoms with Crippen molar-refractivity contribution in [2.45, 2.75) is 45.1 Å². The zero-order valence-electron chi connectivity index (χ0n) is 10.3. The molecule has 2 rings (SSSR count). The van der Waals surface area contributed by atoms with Crippen LogP contribution in [0.3, 0.4) is 0 Å². The Bertz CT molecular complexity index is 205. The number of hydrogen-bond donors (Lipinski definition) is 1.